The molecule has 0 saturated carbocycles. The van der Waals surface area contributed by atoms with Gasteiger partial charge in [0.25, 0.3) is 5.91 Å². The fourth-order valence-corrected chi connectivity index (χ4v) is 4.04. The number of anilines is 2. The predicted molar refractivity (Wildman–Crippen MR) is 120 cm³/mol. The number of piperidine rings is 1. The Morgan fingerprint density at radius 3 is 2.50 bits per heavy atom. The maximum Gasteiger partial charge on any atom is 0.254 e. The lowest BCUT2D eigenvalue weighted by Gasteiger charge is -2.36. The highest BCUT2D eigenvalue weighted by molar-refractivity contribution is 5.96. The first-order valence-electron chi connectivity index (χ1n) is 10.5. The number of nitrogens with zero attached hydrogens (tertiary/aromatic N) is 3. The van der Waals surface area contributed by atoms with Gasteiger partial charge in [0.15, 0.2) is 0 Å². The largest absolute Gasteiger partial charge is 0.368 e. The SMILES string of the molecule is CC(=O)Nc1ccc(C(=O)N2CCCC[C@@H]2c2nc(N)ncc2-c2ccc(F)cc2)cc1. The molecule has 1 aromatic heterocycles. The molecule has 1 atom stereocenters. The van der Waals surface area contributed by atoms with E-state index in [1.165, 1.54) is 19.1 Å². The van der Waals surface area contributed by atoms with E-state index in [0.717, 1.165) is 30.4 Å². The zero-order valence-corrected chi connectivity index (χ0v) is 17.7. The summed E-state index contributed by atoms with van der Waals surface area (Å²) in [7, 11) is 0. The Labute approximate surface area is 185 Å². The number of halogens is 1. The molecule has 4 rings (SSSR count). The fraction of sp³-hybridized carbons (Fsp3) is 0.250. The van der Waals surface area contributed by atoms with Crippen molar-refractivity contribution in [2.24, 2.45) is 0 Å². The molecule has 2 heterocycles. The first-order valence-corrected chi connectivity index (χ1v) is 10.5. The zero-order valence-electron chi connectivity index (χ0n) is 17.7. The van der Waals surface area contributed by atoms with Gasteiger partial charge in [-0.1, -0.05) is 12.1 Å². The van der Waals surface area contributed by atoms with Crippen LogP contribution in [0.4, 0.5) is 16.0 Å². The van der Waals surface area contributed by atoms with E-state index in [4.69, 9.17) is 5.73 Å². The summed E-state index contributed by atoms with van der Waals surface area (Å²) in [6.07, 6.45) is 4.20. The van der Waals surface area contributed by atoms with Crippen LogP contribution in [0, 0.1) is 5.82 Å². The second kappa shape index (κ2) is 9.13. The van der Waals surface area contributed by atoms with Crippen molar-refractivity contribution in [1.82, 2.24) is 14.9 Å². The molecule has 8 heteroatoms. The third kappa shape index (κ3) is 4.59. The van der Waals surface area contributed by atoms with E-state index in [2.05, 4.69) is 15.3 Å². The van der Waals surface area contributed by atoms with Gasteiger partial charge in [0.1, 0.15) is 5.82 Å². The molecular formula is C24H24FN5O2. The molecule has 0 unspecified atom stereocenters. The van der Waals surface area contributed by atoms with Gasteiger partial charge in [0.05, 0.1) is 11.7 Å². The maximum atomic E-state index is 13.4. The summed E-state index contributed by atoms with van der Waals surface area (Å²) in [5.74, 6) is -0.492. The van der Waals surface area contributed by atoms with Gasteiger partial charge in [-0.3, -0.25) is 9.59 Å². The Morgan fingerprint density at radius 1 is 1.09 bits per heavy atom. The standard InChI is InChI=1S/C24H24FN5O2/c1-15(31)28-19-11-7-17(8-12-19)23(32)30-13-3-2-4-21(30)22-20(14-27-24(26)29-22)16-5-9-18(25)10-6-16/h5-12,14,21H,2-4,13H2,1H3,(H,28,31)(H2,26,27,29)/t21-/m1/s1. The molecule has 0 radical (unpaired) electrons. The molecule has 1 aliphatic rings. The summed E-state index contributed by atoms with van der Waals surface area (Å²) >= 11 is 0. The van der Waals surface area contributed by atoms with Crippen molar-refractivity contribution in [2.75, 3.05) is 17.6 Å². The number of nitrogens with one attached hydrogen (secondary N) is 1. The van der Waals surface area contributed by atoms with Gasteiger partial charge in [0.2, 0.25) is 11.9 Å². The van der Waals surface area contributed by atoms with Gasteiger partial charge < -0.3 is 16.0 Å². The summed E-state index contributed by atoms with van der Waals surface area (Å²) in [6.45, 7) is 2.02. The quantitative estimate of drug-likeness (QED) is 0.642. The minimum absolute atomic E-state index is 0.119. The van der Waals surface area contributed by atoms with E-state index in [9.17, 15) is 14.0 Å². The molecule has 0 spiro atoms. The summed E-state index contributed by atoms with van der Waals surface area (Å²) in [5.41, 5.74) is 9.21. The molecular weight excluding hydrogens is 409 g/mol. The van der Waals surface area contributed by atoms with Crippen LogP contribution in [0.25, 0.3) is 11.1 Å². The third-order valence-electron chi connectivity index (χ3n) is 5.52. The first kappa shape index (κ1) is 21.4. The monoisotopic (exact) mass is 433 g/mol. The van der Waals surface area contributed by atoms with Gasteiger partial charge >= 0.3 is 0 Å². The van der Waals surface area contributed by atoms with E-state index < -0.39 is 0 Å². The number of benzene rings is 2. The van der Waals surface area contributed by atoms with Gasteiger partial charge in [0, 0.05) is 36.5 Å². The molecule has 2 amide bonds. The van der Waals surface area contributed by atoms with E-state index in [-0.39, 0.29) is 29.6 Å². The summed E-state index contributed by atoms with van der Waals surface area (Å²) < 4.78 is 13.4. The normalized spacial score (nSPS) is 15.9. The zero-order chi connectivity index (χ0) is 22.7. The van der Waals surface area contributed by atoms with Crippen LogP contribution >= 0.6 is 0 Å². The molecule has 1 saturated heterocycles. The number of nitrogens with two attached hydrogens (primary N) is 1. The molecule has 3 aromatic rings. The fourth-order valence-electron chi connectivity index (χ4n) is 4.04. The van der Waals surface area contributed by atoms with Crippen molar-refractivity contribution in [3.8, 4) is 11.1 Å². The highest BCUT2D eigenvalue weighted by atomic mass is 19.1. The Kier molecular flexibility index (Phi) is 6.11. The number of nitrogen functional groups attached to an aromatic ring is 1. The van der Waals surface area contributed by atoms with E-state index in [1.54, 1.807) is 42.6 Å². The van der Waals surface area contributed by atoms with E-state index in [0.29, 0.717) is 23.5 Å². The lowest BCUT2D eigenvalue weighted by molar-refractivity contribution is -0.114. The lowest BCUT2D eigenvalue weighted by Crippen LogP contribution is -2.39. The molecule has 1 fully saturated rings. The molecule has 3 N–H and O–H groups in total. The average Bonchev–Trinajstić information content (AvgIpc) is 2.79. The van der Waals surface area contributed by atoms with Gasteiger partial charge in [-0.15, -0.1) is 0 Å². The number of aromatic nitrogens is 2. The Morgan fingerprint density at radius 2 is 1.81 bits per heavy atom. The van der Waals surface area contributed by atoms with Crippen LogP contribution in [-0.2, 0) is 4.79 Å². The van der Waals surface area contributed by atoms with Crippen LogP contribution in [0.15, 0.2) is 54.7 Å². The second-order valence-electron chi connectivity index (χ2n) is 7.80. The van der Waals surface area contributed by atoms with Crippen molar-refractivity contribution in [3.63, 3.8) is 0 Å². The Hall–Kier alpha value is -3.81. The average molecular weight is 433 g/mol. The van der Waals surface area contributed by atoms with Crippen molar-refractivity contribution in [3.05, 3.63) is 71.8 Å². The van der Waals surface area contributed by atoms with Crippen LogP contribution < -0.4 is 11.1 Å². The van der Waals surface area contributed by atoms with Crippen molar-refractivity contribution in [1.29, 1.82) is 0 Å². The molecule has 1 aliphatic heterocycles. The predicted octanol–water partition coefficient (Wildman–Crippen LogP) is 4.19. The third-order valence-corrected chi connectivity index (χ3v) is 5.52. The topological polar surface area (TPSA) is 101 Å². The van der Waals surface area contributed by atoms with Crippen LogP contribution in [0.3, 0.4) is 0 Å². The maximum absolute atomic E-state index is 13.4. The van der Waals surface area contributed by atoms with Crippen LogP contribution in [0.1, 0.15) is 48.3 Å². The van der Waals surface area contributed by atoms with Crippen LogP contribution in [0.5, 0.6) is 0 Å². The molecule has 2 aromatic carbocycles. The molecule has 0 bridgehead atoms. The highest BCUT2D eigenvalue weighted by Gasteiger charge is 2.32. The minimum atomic E-state index is -0.330. The van der Waals surface area contributed by atoms with Crippen LogP contribution in [-0.4, -0.2) is 33.2 Å². The number of carbonyl (C=O) groups is 2. The van der Waals surface area contributed by atoms with Gasteiger partial charge in [-0.05, 0) is 61.2 Å². The smallest absolute Gasteiger partial charge is 0.254 e. The van der Waals surface area contributed by atoms with E-state index in [1.807, 2.05) is 4.90 Å². The lowest BCUT2D eigenvalue weighted by atomic mass is 9.93. The first-order chi connectivity index (χ1) is 15.4. The highest BCUT2D eigenvalue weighted by Crippen LogP contribution is 2.36. The number of rotatable bonds is 4. The van der Waals surface area contributed by atoms with Crippen molar-refractivity contribution >= 4 is 23.5 Å². The van der Waals surface area contributed by atoms with Crippen molar-refractivity contribution < 1.29 is 14.0 Å². The summed E-state index contributed by atoms with van der Waals surface area (Å²) in [4.78, 5) is 35.1. The summed E-state index contributed by atoms with van der Waals surface area (Å²) in [6, 6.07) is 12.7. The van der Waals surface area contributed by atoms with Crippen LogP contribution in [0.2, 0.25) is 0 Å². The minimum Gasteiger partial charge on any atom is -0.368 e. The van der Waals surface area contributed by atoms with Crippen molar-refractivity contribution in [2.45, 2.75) is 32.2 Å². The molecule has 32 heavy (non-hydrogen) atoms. The molecule has 0 aliphatic carbocycles. The number of carbonyl (C=O) groups excluding carboxylic acids is 2. The summed E-state index contributed by atoms with van der Waals surface area (Å²) in [5, 5.41) is 2.70. The molecule has 7 nitrogen and oxygen atoms in total. The Bertz CT molecular complexity index is 1130. The van der Waals surface area contributed by atoms with E-state index >= 15 is 0 Å². The number of hydrogen-bond donors (Lipinski definition) is 2. The number of likely N-dealkylation sites (tertiary alicyclic amines) is 1. The van der Waals surface area contributed by atoms with Gasteiger partial charge in [-0.2, -0.15) is 0 Å². The number of hydrogen-bond acceptors (Lipinski definition) is 5. The molecule has 164 valence electrons. The van der Waals surface area contributed by atoms with Gasteiger partial charge in [-0.25, -0.2) is 14.4 Å². The number of amides is 2. The Balaban J connectivity index is 1.68. The second-order valence-corrected chi connectivity index (χ2v) is 7.80.